The van der Waals surface area contributed by atoms with Gasteiger partial charge in [-0.25, -0.2) is 0 Å². The van der Waals surface area contributed by atoms with Gasteiger partial charge in [-0.2, -0.15) is 0 Å². The minimum absolute atomic E-state index is 0.00825. The van der Waals surface area contributed by atoms with E-state index in [1.165, 1.54) is 19.3 Å². The number of aliphatic hydroxyl groups excluding tert-OH is 1. The van der Waals surface area contributed by atoms with Crippen LogP contribution in [0, 0.1) is 10.8 Å². The summed E-state index contributed by atoms with van der Waals surface area (Å²) in [4.78, 5) is 27.8. The van der Waals surface area contributed by atoms with Crippen LogP contribution in [0.3, 0.4) is 0 Å². The van der Waals surface area contributed by atoms with E-state index in [0.717, 1.165) is 67.6 Å². The predicted molar refractivity (Wildman–Crippen MR) is 202 cm³/mol. The number of nitrogens with zero attached hydrogens (tertiary/aromatic N) is 1. The number of anilines is 3. The van der Waals surface area contributed by atoms with E-state index in [-0.39, 0.29) is 30.6 Å². The number of hydrogen-bond acceptors (Lipinski definition) is 7. The van der Waals surface area contributed by atoms with Gasteiger partial charge in [-0.3, -0.25) is 14.5 Å². The number of aliphatic hydroxyl groups is 1. The molecule has 2 amide bonds. The quantitative estimate of drug-likeness (QED) is 0.0991. The second-order valence-corrected chi connectivity index (χ2v) is 16.2. The summed E-state index contributed by atoms with van der Waals surface area (Å²) in [5, 5.41) is 15.5. The second-order valence-electron chi connectivity index (χ2n) is 16.2. The van der Waals surface area contributed by atoms with E-state index < -0.39 is 6.29 Å². The Labute approximate surface area is 303 Å². The first-order valence-electron chi connectivity index (χ1n) is 18.8. The number of likely N-dealkylation sites (tertiary alicyclic amines) is 1. The maximum atomic E-state index is 12.9. The van der Waals surface area contributed by atoms with Crippen LogP contribution in [0.5, 0.6) is 0 Å². The monoisotopic (exact) mass is 696 g/mol. The lowest BCUT2D eigenvalue weighted by molar-refractivity contribution is -0.253. The Hall–Kier alpha value is -3.76. The number of fused-ring (bicyclic) bond motifs is 2. The molecule has 0 spiro atoms. The van der Waals surface area contributed by atoms with Crippen LogP contribution in [-0.4, -0.2) is 47.1 Å². The van der Waals surface area contributed by atoms with Crippen molar-refractivity contribution in [3.05, 3.63) is 89.5 Å². The fourth-order valence-electron chi connectivity index (χ4n) is 8.82. The molecular weight excluding hydrogens is 640 g/mol. The van der Waals surface area contributed by atoms with E-state index in [0.29, 0.717) is 41.1 Å². The van der Waals surface area contributed by atoms with Gasteiger partial charge in [0.25, 0.3) is 0 Å². The average molecular weight is 697 g/mol. The molecule has 9 nitrogen and oxygen atoms in total. The molecule has 0 aromatic heterocycles. The van der Waals surface area contributed by atoms with Crippen molar-refractivity contribution in [2.24, 2.45) is 10.8 Å². The number of para-hydroxylation sites is 2. The molecule has 1 saturated carbocycles. The lowest BCUT2D eigenvalue weighted by Gasteiger charge is -2.41. The number of amides is 2. The lowest BCUT2D eigenvalue weighted by atomic mass is 9.65. The van der Waals surface area contributed by atoms with E-state index >= 15 is 0 Å². The van der Waals surface area contributed by atoms with Gasteiger partial charge < -0.3 is 30.9 Å². The first-order chi connectivity index (χ1) is 24.5. The van der Waals surface area contributed by atoms with Crippen LogP contribution in [0.4, 0.5) is 17.1 Å². The summed E-state index contributed by atoms with van der Waals surface area (Å²) in [6.45, 7) is 9.24. The first-order valence-corrected chi connectivity index (χ1v) is 18.8. The van der Waals surface area contributed by atoms with Crippen molar-refractivity contribution in [1.29, 1.82) is 0 Å². The minimum Gasteiger partial charge on any atom is -0.397 e. The Bertz CT molecular complexity index is 1640. The van der Waals surface area contributed by atoms with Crippen LogP contribution < -0.4 is 16.4 Å². The molecule has 2 bridgehead atoms. The van der Waals surface area contributed by atoms with Crippen molar-refractivity contribution in [3.8, 4) is 0 Å². The molecule has 3 fully saturated rings. The molecule has 9 heteroatoms. The summed E-state index contributed by atoms with van der Waals surface area (Å²) >= 11 is 0. The summed E-state index contributed by atoms with van der Waals surface area (Å²) in [5.41, 5.74) is 11.3. The number of rotatable bonds is 14. The summed E-state index contributed by atoms with van der Waals surface area (Å²) in [5.74, 6) is -0.0863. The van der Waals surface area contributed by atoms with Gasteiger partial charge in [0.1, 0.15) is 0 Å². The first kappa shape index (κ1) is 37.0. The van der Waals surface area contributed by atoms with Gasteiger partial charge in [0.2, 0.25) is 11.8 Å². The largest absolute Gasteiger partial charge is 0.397 e. The van der Waals surface area contributed by atoms with Gasteiger partial charge in [0, 0.05) is 49.6 Å². The Morgan fingerprint density at radius 3 is 2.31 bits per heavy atom. The molecular formula is C42H56N4O5. The normalized spacial score (nSPS) is 25.7. The summed E-state index contributed by atoms with van der Waals surface area (Å²) in [6, 6.07) is 23.6. The topological polar surface area (TPSA) is 126 Å². The van der Waals surface area contributed by atoms with E-state index in [1.807, 2.05) is 48.5 Å². The minimum atomic E-state index is -0.576. The summed E-state index contributed by atoms with van der Waals surface area (Å²) in [7, 11) is 0. The maximum Gasteiger partial charge on any atom is 0.224 e. The third kappa shape index (κ3) is 9.98. The fraction of sp³-hybridized carbons (Fsp3) is 0.524. The molecule has 2 saturated heterocycles. The zero-order valence-corrected chi connectivity index (χ0v) is 30.5. The van der Waals surface area contributed by atoms with Crippen LogP contribution in [0.15, 0.2) is 72.8 Å². The molecule has 274 valence electrons. The molecule has 3 aromatic rings. The molecule has 6 rings (SSSR count). The van der Waals surface area contributed by atoms with Crippen molar-refractivity contribution in [2.75, 3.05) is 29.5 Å². The lowest BCUT2D eigenvalue weighted by Crippen LogP contribution is -2.42. The molecule has 51 heavy (non-hydrogen) atoms. The molecule has 3 aromatic carbocycles. The van der Waals surface area contributed by atoms with Gasteiger partial charge in [-0.1, -0.05) is 82.1 Å². The van der Waals surface area contributed by atoms with Crippen LogP contribution in [0.2, 0.25) is 0 Å². The van der Waals surface area contributed by atoms with Crippen molar-refractivity contribution in [2.45, 2.75) is 116 Å². The number of hydrogen-bond donors (Lipinski definition) is 4. The molecule has 2 aliphatic heterocycles. The van der Waals surface area contributed by atoms with E-state index in [9.17, 15) is 14.7 Å². The second kappa shape index (κ2) is 16.3. The van der Waals surface area contributed by atoms with Crippen LogP contribution in [-0.2, 0) is 25.7 Å². The van der Waals surface area contributed by atoms with Crippen LogP contribution in [0.25, 0.3) is 0 Å². The van der Waals surface area contributed by atoms with Gasteiger partial charge in [0.05, 0.1) is 30.2 Å². The zero-order valence-electron chi connectivity index (χ0n) is 30.5. The van der Waals surface area contributed by atoms with Gasteiger partial charge >= 0.3 is 0 Å². The molecule has 2 heterocycles. The molecule has 5 atom stereocenters. The Morgan fingerprint density at radius 1 is 0.863 bits per heavy atom. The summed E-state index contributed by atoms with van der Waals surface area (Å²) < 4.78 is 13.4. The highest BCUT2D eigenvalue weighted by atomic mass is 16.7. The maximum absolute atomic E-state index is 12.9. The van der Waals surface area contributed by atoms with Crippen molar-refractivity contribution in [3.63, 3.8) is 0 Å². The van der Waals surface area contributed by atoms with Gasteiger partial charge in [0.15, 0.2) is 6.29 Å². The number of benzene rings is 3. The number of carbonyl (C=O) groups excluding carboxylic acids is 2. The van der Waals surface area contributed by atoms with Crippen molar-refractivity contribution in [1.82, 2.24) is 4.90 Å². The zero-order chi connectivity index (χ0) is 36.0. The van der Waals surface area contributed by atoms with E-state index in [1.54, 1.807) is 12.1 Å². The molecule has 1 aliphatic carbocycles. The number of ether oxygens (including phenoxy) is 2. The Balaban J connectivity index is 1.02. The molecule has 5 N–H and O–H groups in total. The number of nitrogens with two attached hydrogens (primary N) is 1. The Morgan fingerprint density at radius 2 is 1.59 bits per heavy atom. The van der Waals surface area contributed by atoms with Crippen molar-refractivity contribution < 1.29 is 24.2 Å². The third-order valence-electron chi connectivity index (χ3n) is 10.8. The van der Waals surface area contributed by atoms with Gasteiger partial charge in [-0.15, -0.1) is 0 Å². The van der Waals surface area contributed by atoms with Gasteiger partial charge in [-0.05, 0) is 78.3 Å². The highest BCUT2D eigenvalue weighted by Gasteiger charge is 2.50. The Kier molecular flexibility index (Phi) is 11.8. The highest BCUT2D eigenvalue weighted by molar-refractivity contribution is 5.93. The third-order valence-corrected chi connectivity index (χ3v) is 10.8. The van der Waals surface area contributed by atoms with Crippen molar-refractivity contribution >= 4 is 28.9 Å². The molecule has 2 unspecified atom stereocenters. The van der Waals surface area contributed by atoms with Crippen LogP contribution in [0.1, 0.15) is 114 Å². The van der Waals surface area contributed by atoms with E-state index in [2.05, 4.69) is 48.4 Å². The molecule has 0 radical (unpaired) electrons. The fourth-order valence-corrected chi connectivity index (χ4v) is 8.82. The highest BCUT2D eigenvalue weighted by Crippen LogP contribution is 2.53. The number of nitrogens with one attached hydrogen (secondary N) is 2. The predicted octanol–water partition coefficient (Wildman–Crippen LogP) is 8.12. The smallest absolute Gasteiger partial charge is 0.224 e. The number of nitrogen functional groups attached to an aromatic ring is 1. The summed E-state index contributed by atoms with van der Waals surface area (Å²) in [6.07, 6.45) is 7.80. The van der Waals surface area contributed by atoms with Crippen LogP contribution >= 0.6 is 0 Å². The SMILES string of the molecule is CC1(C)CC2CC(C)(CN2C[C@H]2C[C@@H](c3ccc(CO)cc3)O[C@@H](c3cccc(NC(=O)CCCCCCC(=O)Nc4ccccc4N)c3)O2)C1. The average Bonchev–Trinajstić information content (AvgIpc) is 3.34. The standard InChI is InChI=1S/C42H56N4O5/c1-41(2)23-33-24-42(3,27-41)28-46(33)25-34-22-37(30-19-17-29(26-47)18-20-30)51-40(50-34)31-11-10-12-32(21-31)44-38(48)15-6-4-5-7-16-39(49)45-36-14-9-8-13-35(36)43/h8-14,17-21,33-34,37,40,47H,4-7,15-16,22-28,43H2,1-3H3,(H,44,48)(H,45,49)/t33?,34-,37+,40+,42?/m1/s1. The molecule has 3 aliphatic rings. The number of carbonyl (C=O) groups is 2. The van der Waals surface area contributed by atoms with E-state index in [4.69, 9.17) is 15.2 Å². The number of unbranched alkanes of at least 4 members (excludes halogenated alkanes) is 3.